The smallest absolute Gasteiger partial charge is 0.0558 e. The topological polar surface area (TPSA) is 38.7 Å². The van der Waals surface area contributed by atoms with Crippen molar-refractivity contribution in [1.82, 2.24) is 15.1 Å². The quantitative estimate of drug-likeness (QED) is 0.672. The summed E-state index contributed by atoms with van der Waals surface area (Å²) in [7, 11) is 0. The number of aliphatic hydroxyl groups excluding tert-OH is 1. The zero-order valence-corrected chi connectivity index (χ0v) is 14.0. The molecule has 1 fully saturated rings. The van der Waals surface area contributed by atoms with Crippen LogP contribution in [-0.4, -0.2) is 73.4 Å². The van der Waals surface area contributed by atoms with Crippen LogP contribution in [0, 0.1) is 5.41 Å². The Hall–Kier alpha value is -0.160. The van der Waals surface area contributed by atoms with Crippen LogP contribution in [0.25, 0.3) is 0 Å². The van der Waals surface area contributed by atoms with Gasteiger partial charge in [0.05, 0.1) is 6.61 Å². The second-order valence-electron chi connectivity index (χ2n) is 6.94. The van der Waals surface area contributed by atoms with Crippen molar-refractivity contribution < 1.29 is 5.11 Å². The van der Waals surface area contributed by atoms with Gasteiger partial charge in [0, 0.05) is 51.9 Å². The monoisotopic (exact) mass is 285 g/mol. The molecule has 1 heterocycles. The van der Waals surface area contributed by atoms with Crippen molar-refractivity contribution in [2.24, 2.45) is 5.41 Å². The maximum absolute atomic E-state index is 9.00. The third-order valence-corrected chi connectivity index (χ3v) is 4.28. The molecule has 0 radical (unpaired) electrons. The summed E-state index contributed by atoms with van der Waals surface area (Å²) in [6.07, 6.45) is 2.53. The number of hydrogen-bond acceptors (Lipinski definition) is 4. The van der Waals surface area contributed by atoms with Gasteiger partial charge in [0.15, 0.2) is 0 Å². The highest BCUT2D eigenvalue weighted by molar-refractivity contribution is 4.83. The van der Waals surface area contributed by atoms with Crippen LogP contribution >= 0.6 is 0 Å². The van der Waals surface area contributed by atoms with Crippen molar-refractivity contribution >= 4 is 0 Å². The van der Waals surface area contributed by atoms with Crippen molar-refractivity contribution in [2.45, 2.75) is 46.6 Å². The molecule has 0 aromatic carbocycles. The first kappa shape index (κ1) is 17.9. The third-order valence-electron chi connectivity index (χ3n) is 4.28. The zero-order valence-electron chi connectivity index (χ0n) is 14.0. The van der Waals surface area contributed by atoms with E-state index in [1.54, 1.807) is 0 Å². The molecule has 1 atom stereocenters. The summed E-state index contributed by atoms with van der Waals surface area (Å²) in [6.45, 7) is 17.0. The molecular weight excluding hydrogens is 250 g/mol. The molecule has 2 N–H and O–H groups in total. The number of hydrogen-bond donors (Lipinski definition) is 2. The molecule has 1 rings (SSSR count). The highest BCUT2D eigenvalue weighted by atomic mass is 16.3. The number of nitrogens with one attached hydrogen (secondary N) is 1. The van der Waals surface area contributed by atoms with Crippen LogP contribution in [0.4, 0.5) is 0 Å². The van der Waals surface area contributed by atoms with Gasteiger partial charge in [0.25, 0.3) is 0 Å². The SMILES string of the molecule is CCCC(C)(CNC(C)C)CN1CCN(CCO)CC1. The molecule has 4 nitrogen and oxygen atoms in total. The highest BCUT2D eigenvalue weighted by Crippen LogP contribution is 2.24. The fourth-order valence-corrected chi connectivity index (χ4v) is 3.13. The number of β-amino-alcohol motifs (C(OH)–C–C–N with tert-alkyl or cyclic N) is 1. The van der Waals surface area contributed by atoms with E-state index in [-0.39, 0.29) is 6.61 Å². The predicted molar refractivity (Wildman–Crippen MR) is 86.1 cm³/mol. The summed E-state index contributed by atoms with van der Waals surface area (Å²) in [6, 6.07) is 0.563. The molecular formula is C16H35N3O. The molecule has 0 aromatic rings. The Morgan fingerprint density at radius 1 is 1.15 bits per heavy atom. The molecule has 1 saturated heterocycles. The van der Waals surface area contributed by atoms with Gasteiger partial charge in [-0.15, -0.1) is 0 Å². The Kier molecular flexibility index (Phi) is 8.03. The predicted octanol–water partition coefficient (Wildman–Crippen LogP) is 1.40. The minimum absolute atomic E-state index is 0.284. The largest absolute Gasteiger partial charge is 0.395 e. The number of aliphatic hydroxyl groups is 1. The molecule has 1 aliphatic rings. The Labute approximate surface area is 125 Å². The fraction of sp³-hybridized carbons (Fsp3) is 1.00. The first-order valence-corrected chi connectivity index (χ1v) is 8.28. The summed E-state index contributed by atoms with van der Waals surface area (Å²) in [5.41, 5.74) is 0.373. The molecule has 120 valence electrons. The molecule has 0 aromatic heterocycles. The zero-order chi connectivity index (χ0) is 15.0. The van der Waals surface area contributed by atoms with Gasteiger partial charge < -0.3 is 15.3 Å². The van der Waals surface area contributed by atoms with Gasteiger partial charge in [0.1, 0.15) is 0 Å². The van der Waals surface area contributed by atoms with Crippen molar-refractivity contribution in [3.05, 3.63) is 0 Å². The van der Waals surface area contributed by atoms with Gasteiger partial charge in [-0.2, -0.15) is 0 Å². The summed E-state index contributed by atoms with van der Waals surface area (Å²) < 4.78 is 0. The van der Waals surface area contributed by atoms with E-state index in [0.29, 0.717) is 11.5 Å². The average molecular weight is 285 g/mol. The standard InChI is InChI=1S/C16H35N3O/c1-5-6-16(4,13-17-15(2)3)14-19-9-7-18(8-10-19)11-12-20/h15,17,20H,5-14H2,1-4H3. The van der Waals surface area contributed by atoms with Crippen LogP contribution < -0.4 is 5.32 Å². The van der Waals surface area contributed by atoms with Gasteiger partial charge in [-0.1, -0.05) is 34.1 Å². The number of piperazine rings is 1. The Bertz CT molecular complexity index is 252. The lowest BCUT2D eigenvalue weighted by atomic mass is 9.84. The second kappa shape index (κ2) is 8.98. The van der Waals surface area contributed by atoms with Gasteiger partial charge in [-0.05, 0) is 11.8 Å². The normalized spacial score (nSPS) is 21.3. The lowest BCUT2D eigenvalue weighted by molar-refractivity contribution is 0.0758. The van der Waals surface area contributed by atoms with E-state index >= 15 is 0 Å². The molecule has 20 heavy (non-hydrogen) atoms. The van der Waals surface area contributed by atoms with Gasteiger partial charge in [-0.3, -0.25) is 4.90 Å². The first-order valence-electron chi connectivity index (χ1n) is 8.28. The number of rotatable bonds is 9. The van der Waals surface area contributed by atoms with Crippen LogP contribution in [-0.2, 0) is 0 Å². The van der Waals surface area contributed by atoms with Gasteiger partial charge in [-0.25, -0.2) is 0 Å². The van der Waals surface area contributed by atoms with Crippen LogP contribution in [0.1, 0.15) is 40.5 Å². The van der Waals surface area contributed by atoms with Gasteiger partial charge in [0.2, 0.25) is 0 Å². The van der Waals surface area contributed by atoms with Gasteiger partial charge >= 0.3 is 0 Å². The minimum atomic E-state index is 0.284. The molecule has 1 aliphatic heterocycles. The van der Waals surface area contributed by atoms with Crippen LogP contribution in [0.5, 0.6) is 0 Å². The molecule has 0 aliphatic carbocycles. The third kappa shape index (κ3) is 6.53. The average Bonchev–Trinajstić information content (AvgIpc) is 2.40. The van der Waals surface area contributed by atoms with Crippen LogP contribution in [0.3, 0.4) is 0 Å². The lowest BCUT2D eigenvalue weighted by Crippen LogP contribution is -2.51. The second-order valence-corrected chi connectivity index (χ2v) is 6.94. The summed E-state index contributed by atoms with van der Waals surface area (Å²) in [5.74, 6) is 0. The molecule has 4 heteroatoms. The summed E-state index contributed by atoms with van der Waals surface area (Å²) in [5, 5.41) is 12.6. The molecule has 0 saturated carbocycles. The fourth-order valence-electron chi connectivity index (χ4n) is 3.13. The highest BCUT2D eigenvalue weighted by Gasteiger charge is 2.28. The van der Waals surface area contributed by atoms with E-state index in [9.17, 15) is 0 Å². The van der Waals surface area contributed by atoms with E-state index in [2.05, 4.69) is 42.8 Å². The Morgan fingerprint density at radius 2 is 1.75 bits per heavy atom. The maximum Gasteiger partial charge on any atom is 0.0558 e. The van der Waals surface area contributed by atoms with Crippen molar-refractivity contribution in [3.63, 3.8) is 0 Å². The van der Waals surface area contributed by atoms with E-state index in [0.717, 1.165) is 39.3 Å². The van der Waals surface area contributed by atoms with E-state index in [1.165, 1.54) is 19.4 Å². The number of nitrogens with zero attached hydrogens (tertiary/aromatic N) is 2. The molecule has 1 unspecified atom stereocenters. The van der Waals surface area contributed by atoms with Crippen molar-refractivity contribution in [2.75, 3.05) is 52.4 Å². The maximum atomic E-state index is 9.00. The van der Waals surface area contributed by atoms with Crippen molar-refractivity contribution in [1.29, 1.82) is 0 Å². The summed E-state index contributed by atoms with van der Waals surface area (Å²) in [4.78, 5) is 4.96. The summed E-state index contributed by atoms with van der Waals surface area (Å²) >= 11 is 0. The van der Waals surface area contributed by atoms with E-state index in [1.807, 2.05) is 0 Å². The first-order chi connectivity index (χ1) is 9.49. The van der Waals surface area contributed by atoms with E-state index in [4.69, 9.17) is 5.11 Å². The van der Waals surface area contributed by atoms with Crippen LogP contribution in [0.15, 0.2) is 0 Å². The lowest BCUT2D eigenvalue weighted by Gasteiger charge is -2.40. The molecule has 0 bridgehead atoms. The Balaban J connectivity index is 2.41. The van der Waals surface area contributed by atoms with Crippen molar-refractivity contribution in [3.8, 4) is 0 Å². The van der Waals surface area contributed by atoms with E-state index < -0.39 is 0 Å². The van der Waals surface area contributed by atoms with Crippen LogP contribution in [0.2, 0.25) is 0 Å². The molecule has 0 amide bonds. The minimum Gasteiger partial charge on any atom is -0.395 e. The molecule has 0 spiro atoms. The Morgan fingerprint density at radius 3 is 2.25 bits per heavy atom.